The van der Waals surface area contributed by atoms with E-state index in [1.54, 1.807) is 24.3 Å². The molecule has 0 spiro atoms. The Kier molecular flexibility index (Phi) is 6.24. The molecule has 0 heterocycles. The van der Waals surface area contributed by atoms with Crippen molar-refractivity contribution in [2.24, 2.45) is 17.2 Å². The molecule has 0 radical (unpaired) electrons. The smallest absolute Gasteiger partial charge is 0.199 e. The number of benzene rings is 3. The van der Waals surface area contributed by atoms with Crippen molar-refractivity contribution >= 4 is 11.3 Å². The topological polar surface area (TPSA) is 123 Å². The van der Waals surface area contributed by atoms with Crippen LogP contribution < -0.4 is 27.7 Å². The first-order chi connectivity index (χ1) is 17.3. The van der Waals surface area contributed by atoms with Gasteiger partial charge >= 0.3 is 0 Å². The van der Waals surface area contributed by atoms with Crippen molar-refractivity contribution < 1.29 is 9.47 Å². The molecule has 6 heteroatoms. The molecular formula is C30H30N4O2. The minimum absolute atomic E-state index is 0.430. The monoisotopic (exact) mass is 478 g/mol. The van der Waals surface area contributed by atoms with Gasteiger partial charge in [0.2, 0.25) is 0 Å². The van der Waals surface area contributed by atoms with Gasteiger partial charge in [-0.15, -0.1) is 0 Å². The molecule has 5 rings (SSSR count). The van der Waals surface area contributed by atoms with Crippen LogP contribution in [0.4, 0.5) is 5.69 Å². The molecule has 0 aliphatic heterocycles. The molecule has 6 nitrogen and oxygen atoms in total. The summed E-state index contributed by atoms with van der Waals surface area (Å²) in [6.45, 7) is 0. The summed E-state index contributed by atoms with van der Waals surface area (Å²) in [5.41, 5.74) is 26.5. The number of ether oxygens (including phenoxy) is 2. The maximum absolute atomic E-state index is 7.31. The average Bonchev–Trinajstić information content (AvgIpc) is 2.88. The Labute approximate surface area is 211 Å². The molecule has 0 aromatic heterocycles. The number of nitrogen functional groups attached to an aromatic ring is 1. The highest BCUT2D eigenvalue weighted by atomic mass is 16.5. The Morgan fingerprint density at radius 2 is 1.44 bits per heavy atom. The Balaban J connectivity index is 1.63. The molecule has 0 amide bonds. The summed E-state index contributed by atoms with van der Waals surface area (Å²) in [5, 5.41) is 0. The Morgan fingerprint density at radius 1 is 0.778 bits per heavy atom. The lowest BCUT2D eigenvalue weighted by molar-refractivity contribution is 0.0384. The van der Waals surface area contributed by atoms with E-state index in [9.17, 15) is 0 Å². The van der Waals surface area contributed by atoms with E-state index in [4.69, 9.17) is 32.4 Å². The second kappa shape index (κ2) is 9.51. The molecule has 3 aromatic rings. The Hall–Kier alpha value is -4.10. The minimum atomic E-state index is -1.31. The molecule has 2 atom stereocenters. The van der Waals surface area contributed by atoms with Gasteiger partial charge in [0.25, 0.3) is 0 Å². The third-order valence-electron chi connectivity index (χ3n) is 6.38. The number of hydrogen-bond acceptors (Lipinski definition) is 6. The van der Waals surface area contributed by atoms with Crippen molar-refractivity contribution in [1.29, 1.82) is 0 Å². The molecule has 0 fully saturated rings. The van der Waals surface area contributed by atoms with Crippen molar-refractivity contribution in [3.05, 3.63) is 138 Å². The first-order valence-corrected chi connectivity index (χ1v) is 11.9. The maximum atomic E-state index is 7.31. The van der Waals surface area contributed by atoms with E-state index in [0.29, 0.717) is 29.4 Å². The maximum Gasteiger partial charge on any atom is 0.199 e. The molecule has 2 unspecified atom stereocenters. The van der Waals surface area contributed by atoms with Crippen molar-refractivity contribution in [2.45, 2.75) is 23.7 Å². The molecule has 0 saturated heterocycles. The number of anilines is 1. The summed E-state index contributed by atoms with van der Waals surface area (Å²) in [6.07, 6.45) is 9.74. The highest BCUT2D eigenvalue weighted by Crippen LogP contribution is 2.47. The van der Waals surface area contributed by atoms with Gasteiger partial charge in [0, 0.05) is 17.7 Å². The molecule has 36 heavy (non-hydrogen) atoms. The summed E-state index contributed by atoms with van der Waals surface area (Å²) in [6, 6.07) is 27.2. The summed E-state index contributed by atoms with van der Waals surface area (Å²) < 4.78 is 13.1. The van der Waals surface area contributed by atoms with E-state index in [1.807, 2.05) is 91.0 Å². The largest absolute Gasteiger partial charge is 0.468 e. The molecule has 2 aliphatic rings. The fourth-order valence-electron chi connectivity index (χ4n) is 4.56. The fraction of sp³-hybridized carbons (Fsp3) is 0.133. The standard InChI is InChI=1S/C30H30N4O2/c31-23-11-13-24(14-12-23)35-27-16-15-26(21-7-3-1-4-8-21)30(34,28(27)22-9-5-2-6-10-22)36-25-17-19-29(32,33)20-18-25/h1-19,28H,20,31-34H2. The van der Waals surface area contributed by atoms with Crippen LogP contribution in [0.5, 0.6) is 5.75 Å². The van der Waals surface area contributed by atoms with Crippen LogP contribution in [0, 0.1) is 0 Å². The van der Waals surface area contributed by atoms with Gasteiger partial charge in [-0.1, -0.05) is 60.7 Å². The number of hydrogen-bond donors (Lipinski definition) is 4. The van der Waals surface area contributed by atoms with Crippen molar-refractivity contribution in [1.82, 2.24) is 0 Å². The van der Waals surface area contributed by atoms with Crippen LogP contribution in [0.3, 0.4) is 0 Å². The van der Waals surface area contributed by atoms with Crippen LogP contribution in [-0.4, -0.2) is 11.4 Å². The predicted molar refractivity (Wildman–Crippen MR) is 144 cm³/mol. The lowest BCUT2D eigenvalue weighted by Gasteiger charge is -2.43. The quantitative estimate of drug-likeness (QED) is 0.305. The normalized spacial score (nSPS) is 22.8. The first-order valence-electron chi connectivity index (χ1n) is 11.9. The van der Waals surface area contributed by atoms with Gasteiger partial charge in [0.15, 0.2) is 5.72 Å². The SMILES string of the molecule is Nc1ccc(OC2=CC=C(c3ccccc3)C(N)(OC3=CCC(N)(N)C=C3)C2c2ccccc2)cc1. The van der Waals surface area contributed by atoms with Crippen LogP contribution in [-0.2, 0) is 4.74 Å². The van der Waals surface area contributed by atoms with E-state index in [2.05, 4.69) is 0 Å². The lowest BCUT2D eigenvalue weighted by Crippen LogP contribution is -2.52. The van der Waals surface area contributed by atoms with Gasteiger partial charge in [-0.3, -0.25) is 5.73 Å². The average molecular weight is 479 g/mol. The molecule has 0 saturated carbocycles. The van der Waals surface area contributed by atoms with Gasteiger partial charge in [0.05, 0.1) is 5.66 Å². The molecular weight excluding hydrogens is 448 g/mol. The molecule has 2 aliphatic carbocycles. The summed E-state index contributed by atoms with van der Waals surface area (Å²) in [7, 11) is 0. The van der Waals surface area contributed by atoms with E-state index in [1.165, 1.54) is 0 Å². The molecule has 8 N–H and O–H groups in total. The van der Waals surface area contributed by atoms with Crippen LogP contribution >= 0.6 is 0 Å². The zero-order valence-electron chi connectivity index (χ0n) is 19.9. The number of nitrogens with two attached hydrogens (primary N) is 4. The first kappa shape index (κ1) is 23.6. The third kappa shape index (κ3) is 4.83. The highest BCUT2D eigenvalue weighted by Gasteiger charge is 2.48. The Bertz CT molecular complexity index is 1340. The van der Waals surface area contributed by atoms with Crippen molar-refractivity contribution in [2.75, 3.05) is 5.73 Å². The van der Waals surface area contributed by atoms with Crippen LogP contribution in [0.1, 0.15) is 23.5 Å². The van der Waals surface area contributed by atoms with Gasteiger partial charge in [-0.05, 0) is 65.8 Å². The van der Waals surface area contributed by atoms with Gasteiger partial charge in [-0.25, -0.2) is 0 Å². The van der Waals surface area contributed by atoms with E-state index < -0.39 is 17.3 Å². The van der Waals surface area contributed by atoms with E-state index in [0.717, 1.165) is 16.7 Å². The molecule has 3 aromatic carbocycles. The number of allylic oxidation sites excluding steroid dienone is 3. The third-order valence-corrected chi connectivity index (χ3v) is 6.38. The number of rotatable bonds is 6. The Morgan fingerprint density at radius 3 is 2.08 bits per heavy atom. The summed E-state index contributed by atoms with van der Waals surface area (Å²) in [5.74, 6) is 1.44. The van der Waals surface area contributed by atoms with Crippen LogP contribution in [0.2, 0.25) is 0 Å². The van der Waals surface area contributed by atoms with E-state index >= 15 is 0 Å². The van der Waals surface area contributed by atoms with Gasteiger partial charge < -0.3 is 26.7 Å². The highest BCUT2D eigenvalue weighted by molar-refractivity contribution is 5.77. The predicted octanol–water partition coefficient (Wildman–Crippen LogP) is 4.54. The summed E-state index contributed by atoms with van der Waals surface area (Å²) in [4.78, 5) is 0. The molecule has 182 valence electrons. The zero-order valence-corrected chi connectivity index (χ0v) is 19.9. The minimum Gasteiger partial charge on any atom is -0.468 e. The van der Waals surface area contributed by atoms with Crippen LogP contribution in [0.25, 0.3) is 5.57 Å². The van der Waals surface area contributed by atoms with Gasteiger partial charge in [-0.2, -0.15) is 0 Å². The zero-order chi connectivity index (χ0) is 25.2. The van der Waals surface area contributed by atoms with E-state index in [-0.39, 0.29) is 0 Å². The van der Waals surface area contributed by atoms with Crippen molar-refractivity contribution in [3.8, 4) is 5.75 Å². The second-order valence-corrected chi connectivity index (χ2v) is 9.18. The van der Waals surface area contributed by atoms with Gasteiger partial charge in [0.1, 0.15) is 23.2 Å². The lowest BCUT2D eigenvalue weighted by atomic mass is 9.76. The second-order valence-electron chi connectivity index (χ2n) is 9.18. The van der Waals surface area contributed by atoms with Crippen LogP contribution in [0.15, 0.2) is 127 Å². The fourth-order valence-corrected chi connectivity index (χ4v) is 4.56. The molecule has 0 bridgehead atoms. The van der Waals surface area contributed by atoms with Crippen molar-refractivity contribution in [3.63, 3.8) is 0 Å². The summed E-state index contributed by atoms with van der Waals surface area (Å²) >= 11 is 0.